The summed E-state index contributed by atoms with van der Waals surface area (Å²) < 4.78 is 6.65. The van der Waals surface area contributed by atoms with Gasteiger partial charge < -0.3 is 15.0 Å². The Bertz CT molecular complexity index is 729. The van der Waals surface area contributed by atoms with Crippen LogP contribution in [0, 0.1) is 0 Å². The third-order valence-corrected chi connectivity index (χ3v) is 3.42. The Morgan fingerprint density at radius 1 is 1.37 bits per heavy atom. The Morgan fingerprint density at radius 2 is 2.11 bits per heavy atom. The van der Waals surface area contributed by atoms with Crippen LogP contribution < -0.4 is 16.0 Å². The van der Waals surface area contributed by atoms with Gasteiger partial charge in [0.05, 0.1) is 7.11 Å². The van der Waals surface area contributed by atoms with Gasteiger partial charge in [-0.2, -0.15) is 0 Å². The molecule has 0 bridgehead atoms. The van der Waals surface area contributed by atoms with Gasteiger partial charge in [0.2, 0.25) is 0 Å². The second-order valence-electron chi connectivity index (χ2n) is 4.75. The molecule has 1 heterocycles. The molecule has 1 amide bonds. The van der Waals surface area contributed by atoms with Crippen molar-refractivity contribution in [2.45, 2.75) is 18.9 Å². The number of benzene rings is 1. The Hall–Kier alpha value is -2.30. The summed E-state index contributed by atoms with van der Waals surface area (Å²) in [4.78, 5) is 24.0. The van der Waals surface area contributed by atoms with Crippen molar-refractivity contribution in [3.8, 4) is 5.75 Å². The van der Waals surface area contributed by atoms with E-state index in [9.17, 15) is 9.59 Å². The monoisotopic (exact) mass is 258 g/mol. The van der Waals surface area contributed by atoms with Gasteiger partial charge >= 0.3 is 0 Å². The maximum absolute atomic E-state index is 12.4. The highest BCUT2D eigenvalue weighted by Crippen LogP contribution is 2.35. The molecule has 2 N–H and O–H groups in total. The van der Waals surface area contributed by atoms with Crippen molar-refractivity contribution in [1.82, 2.24) is 4.57 Å². The Labute approximate surface area is 109 Å². The van der Waals surface area contributed by atoms with Crippen LogP contribution in [-0.2, 0) is 0 Å². The van der Waals surface area contributed by atoms with Crippen molar-refractivity contribution in [3.05, 3.63) is 40.3 Å². The van der Waals surface area contributed by atoms with Crippen molar-refractivity contribution >= 4 is 16.7 Å². The predicted octanol–water partition coefficient (Wildman–Crippen LogP) is 1.44. The first-order chi connectivity index (χ1) is 9.11. The molecule has 1 aromatic heterocycles. The number of primary amides is 1. The molecule has 0 spiro atoms. The number of pyridine rings is 1. The predicted molar refractivity (Wildman–Crippen MR) is 71.5 cm³/mol. The Balaban J connectivity index is 2.35. The zero-order chi connectivity index (χ0) is 13.6. The topological polar surface area (TPSA) is 74.3 Å². The van der Waals surface area contributed by atoms with Crippen molar-refractivity contribution in [2.75, 3.05) is 7.11 Å². The molecule has 5 heteroatoms. The largest absolute Gasteiger partial charge is 0.497 e. The Kier molecular flexibility index (Phi) is 2.55. The van der Waals surface area contributed by atoms with Crippen molar-refractivity contribution in [2.24, 2.45) is 5.73 Å². The van der Waals surface area contributed by atoms with E-state index in [2.05, 4.69) is 0 Å². The van der Waals surface area contributed by atoms with E-state index >= 15 is 0 Å². The molecule has 1 aliphatic rings. The Morgan fingerprint density at radius 3 is 2.68 bits per heavy atom. The maximum Gasteiger partial charge on any atom is 0.265 e. The number of methoxy groups -OCH3 is 1. The minimum atomic E-state index is -0.575. The number of hydrogen-bond acceptors (Lipinski definition) is 3. The number of carbonyl (C=O) groups is 1. The quantitative estimate of drug-likeness (QED) is 0.905. The molecule has 1 saturated carbocycles. The zero-order valence-electron chi connectivity index (χ0n) is 10.6. The minimum Gasteiger partial charge on any atom is -0.497 e. The molecule has 5 nitrogen and oxygen atoms in total. The lowest BCUT2D eigenvalue weighted by atomic mass is 10.1. The summed E-state index contributed by atoms with van der Waals surface area (Å²) in [6.07, 6.45) is 1.84. The fourth-order valence-corrected chi connectivity index (χ4v) is 2.32. The smallest absolute Gasteiger partial charge is 0.265 e. The first-order valence-corrected chi connectivity index (χ1v) is 6.15. The number of aromatic nitrogens is 1. The average molecular weight is 258 g/mol. The summed E-state index contributed by atoms with van der Waals surface area (Å²) in [5, 5.41) is 1.26. The molecule has 0 aliphatic heterocycles. The molecule has 1 fully saturated rings. The lowest BCUT2D eigenvalue weighted by molar-refractivity contribution is 0.0990. The van der Waals surface area contributed by atoms with Gasteiger partial charge in [0.1, 0.15) is 11.4 Å². The number of carbonyl (C=O) groups excluding carboxylic acids is 1. The third kappa shape index (κ3) is 1.87. The second-order valence-corrected chi connectivity index (χ2v) is 4.75. The van der Waals surface area contributed by atoms with E-state index in [0.717, 1.165) is 12.8 Å². The fourth-order valence-electron chi connectivity index (χ4n) is 2.32. The summed E-state index contributed by atoms with van der Waals surface area (Å²) in [5.74, 6) is 0.0696. The highest BCUT2D eigenvalue weighted by molar-refractivity contribution is 5.96. The summed E-state index contributed by atoms with van der Waals surface area (Å²) in [7, 11) is 1.56. The van der Waals surface area contributed by atoms with E-state index in [1.165, 1.54) is 4.57 Å². The van der Waals surface area contributed by atoms with Crippen LogP contribution >= 0.6 is 0 Å². The van der Waals surface area contributed by atoms with Crippen LogP contribution in [0.15, 0.2) is 29.1 Å². The van der Waals surface area contributed by atoms with E-state index in [0.29, 0.717) is 16.5 Å². The molecule has 1 aliphatic carbocycles. The zero-order valence-corrected chi connectivity index (χ0v) is 10.6. The standard InChI is InChI=1S/C14H14N2O3/c1-19-10-4-5-11-8(6-10)7-12(13(15)17)16(14(11)18)9-2-3-9/h4-7,9H,2-3H2,1H3,(H2,15,17). The lowest BCUT2D eigenvalue weighted by Gasteiger charge is -2.11. The number of fused-ring (bicyclic) bond motifs is 1. The highest BCUT2D eigenvalue weighted by Gasteiger charge is 2.29. The van der Waals surface area contributed by atoms with Crippen LogP contribution in [0.5, 0.6) is 5.75 Å². The molecule has 98 valence electrons. The number of nitrogens with zero attached hydrogens (tertiary/aromatic N) is 1. The van der Waals surface area contributed by atoms with Gasteiger partial charge in [-0.25, -0.2) is 0 Å². The number of rotatable bonds is 3. The van der Waals surface area contributed by atoms with Crippen LogP contribution in [0.3, 0.4) is 0 Å². The van der Waals surface area contributed by atoms with Gasteiger partial charge in [-0.3, -0.25) is 9.59 Å². The maximum atomic E-state index is 12.4. The summed E-state index contributed by atoms with van der Waals surface area (Å²) in [6.45, 7) is 0. The van der Waals surface area contributed by atoms with Crippen LogP contribution in [0.4, 0.5) is 0 Å². The van der Waals surface area contributed by atoms with Crippen LogP contribution in [0.1, 0.15) is 29.4 Å². The van der Waals surface area contributed by atoms with Crippen molar-refractivity contribution in [3.63, 3.8) is 0 Å². The molecular weight excluding hydrogens is 244 g/mol. The van der Waals surface area contributed by atoms with Crippen LogP contribution in [0.2, 0.25) is 0 Å². The van der Waals surface area contributed by atoms with Crippen LogP contribution in [-0.4, -0.2) is 17.6 Å². The molecule has 2 aromatic rings. The second kappa shape index (κ2) is 4.12. The summed E-state index contributed by atoms with van der Waals surface area (Å²) in [6, 6.07) is 6.98. The van der Waals surface area contributed by atoms with Crippen LogP contribution in [0.25, 0.3) is 10.8 Å². The van der Waals surface area contributed by atoms with Gasteiger partial charge in [-0.05, 0) is 42.5 Å². The first kappa shape index (κ1) is 11.8. The molecule has 1 aromatic carbocycles. The van der Waals surface area contributed by atoms with E-state index in [4.69, 9.17) is 10.5 Å². The minimum absolute atomic E-state index is 0.113. The van der Waals surface area contributed by atoms with E-state index in [1.807, 2.05) is 0 Å². The number of amides is 1. The SMILES string of the molecule is COc1ccc2c(=O)n(C3CC3)c(C(N)=O)cc2c1. The van der Waals surface area contributed by atoms with Crippen molar-refractivity contribution < 1.29 is 9.53 Å². The molecule has 0 saturated heterocycles. The normalized spacial score (nSPS) is 14.6. The fraction of sp³-hybridized carbons (Fsp3) is 0.286. The van der Waals surface area contributed by atoms with Crippen molar-refractivity contribution in [1.29, 1.82) is 0 Å². The van der Waals surface area contributed by atoms with Gasteiger partial charge in [0.25, 0.3) is 11.5 Å². The highest BCUT2D eigenvalue weighted by atomic mass is 16.5. The van der Waals surface area contributed by atoms with E-state index < -0.39 is 5.91 Å². The first-order valence-electron chi connectivity index (χ1n) is 6.15. The molecule has 0 atom stereocenters. The summed E-state index contributed by atoms with van der Waals surface area (Å²) in [5.41, 5.74) is 5.50. The van der Waals surface area contributed by atoms with Gasteiger partial charge in [0.15, 0.2) is 0 Å². The summed E-state index contributed by atoms with van der Waals surface area (Å²) >= 11 is 0. The third-order valence-electron chi connectivity index (χ3n) is 3.42. The van der Waals surface area contributed by atoms with E-state index in [-0.39, 0.29) is 17.3 Å². The van der Waals surface area contributed by atoms with Gasteiger partial charge in [-0.1, -0.05) is 0 Å². The lowest BCUT2D eigenvalue weighted by Crippen LogP contribution is -2.28. The van der Waals surface area contributed by atoms with E-state index in [1.54, 1.807) is 31.4 Å². The average Bonchev–Trinajstić information content (AvgIpc) is 3.22. The van der Waals surface area contributed by atoms with Gasteiger partial charge in [-0.15, -0.1) is 0 Å². The number of ether oxygens (including phenoxy) is 1. The molecule has 0 radical (unpaired) electrons. The van der Waals surface area contributed by atoms with Gasteiger partial charge in [0, 0.05) is 11.4 Å². The number of hydrogen-bond donors (Lipinski definition) is 1. The molecule has 19 heavy (non-hydrogen) atoms. The number of nitrogens with two attached hydrogens (primary N) is 1. The molecule has 0 unspecified atom stereocenters. The molecule has 3 rings (SSSR count). The molecular formula is C14H14N2O3.